The molecule has 0 aliphatic rings. The van der Waals surface area contributed by atoms with Gasteiger partial charge in [0.15, 0.2) is 5.65 Å². The molecule has 0 unspecified atom stereocenters. The Balaban J connectivity index is 1.59. The van der Waals surface area contributed by atoms with Crippen LogP contribution in [0.1, 0.15) is 11.1 Å². The van der Waals surface area contributed by atoms with E-state index in [0.717, 1.165) is 27.4 Å². The van der Waals surface area contributed by atoms with E-state index in [0.29, 0.717) is 6.54 Å². The summed E-state index contributed by atoms with van der Waals surface area (Å²) in [6.07, 6.45) is 7.07. The van der Waals surface area contributed by atoms with E-state index in [2.05, 4.69) is 44.3 Å². The zero-order valence-corrected chi connectivity index (χ0v) is 13.7. The predicted octanol–water partition coefficient (Wildman–Crippen LogP) is 3.56. The summed E-state index contributed by atoms with van der Waals surface area (Å²) in [5.41, 5.74) is 3.22. The Morgan fingerprint density at radius 2 is 1.79 bits per heavy atom. The molecule has 3 heterocycles. The van der Waals surface area contributed by atoms with E-state index in [1.54, 1.807) is 24.3 Å². The van der Waals surface area contributed by atoms with Crippen LogP contribution in [0, 0.1) is 0 Å². The van der Waals surface area contributed by atoms with Crippen LogP contribution in [0.4, 0.5) is 0 Å². The molecule has 0 N–H and O–H groups in total. The van der Waals surface area contributed by atoms with Crippen LogP contribution < -0.4 is 0 Å². The molecule has 0 bridgehead atoms. The van der Waals surface area contributed by atoms with Gasteiger partial charge in [0, 0.05) is 18.1 Å². The van der Waals surface area contributed by atoms with E-state index in [1.807, 2.05) is 35.3 Å². The lowest BCUT2D eigenvalue weighted by atomic mass is 10.2. The molecule has 4 rings (SSSR count). The van der Waals surface area contributed by atoms with Crippen LogP contribution >= 0.6 is 11.8 Å². The third-order valence-corrected chi connectivity index (χ3v) is 4.75. The van der Waals surface area contributed by atoms with Crippen LogP contribution in [0.15, 0.2) is 72.4 Å². The molecule has 0 amide bonds. The monoisotopic (exact) mass is 333 g/mol. The van der Waals surface area contributed by atoms with E-state index in [4.69, 9.17) is 0 Å². The zero-order chi connectivity index (χ0) is 16.2. The summed E-state index contributed by atoms with van der Waals surface area (Å²) < 4.78 is 1.89. The largest absolute Gasteiger partial charge is 0.264 e. The molecule has 0 saturated heterocycles. The van der Waals surface area contributed by atoms with Crippen molar-refractivity contribution < 1.29 is 0 Å². The average Bonchev–Trinajstić information content (AvgIpc) is 3.05. The van der Waals surface area contributed by atoms with Crippen molar-refractivity contribution in [2.45, 2.75) is 17.3 Å². The molecular weight excluding hydrogens is 318 g/mol. The first-order valence-corrected chi connectivity index (χ1v) is 8.61. The molecule has 6 heteroatoms. The van der Waals surface area contributed by atoms with Gasteiger partial charge in [-0.2, -0.15) is 5.10 Å². The van der Waals surface area contributed by atoms with Crippen molar-refractivity contribution in [3.63, 3.8) is 0 Å². The van der Waals surface area contributed by atoms with Crippen molar-refractivity contribution in [2.75, 3.05) is 0 Å². The topological polar surface area (TPSA) is 56.5 Å². The van der Waals surface area contributed by atoms with Crippen molar-refractivity contribution in [1.29, 1.82) is 0 Å². The van der Waals surface area contributed by atoms with Crippen LogP contribution in [-0.4, -0.2) is 24.7 Å². The number of hydrogen-bond donors (Lipinski definition) is 0. The van der Waals surface area contributed by atoms with Crippen LogP contribution in [0.25, 0.3) is 11.0 Å². The van der Waals surface area contributed by atoms with Gasteiger partial charge >= 0.3 is 0 Å². The minimum absolute atomic E-state index is 0.650. The van der Waals surface area contributed by atoms with Gasteiger partial charge in [0.05, 0.1) is 18.1 Å². The third-order valence-electron chi connectivity index (χ3n) is 3.67. The summed E-state index contributed by atoms with van der Waals surface area (Å²) in [5, 5.41) is 6.43. The first-order valence-electron chi connectivity index (χ1n) is 7.62. The summed E-state index contributed by atoms with van der Waals surface area (Å²) >= 11 is 1.71. The Kier molecular flexibility index (Phi) is 4.20. The van der Waals surface area contributed by atoms with E-state index >= 15 is 0 Å². The average molecular weight is 333 g/mol. The molecule has 0 aliphatic carbocycles. The van der Waals surface area contributed by atoms with Crippen molar-refractivity contribution in [3.8, 4) is 0 Å². The molecule has 0 spiro atoms. The van der Waals surface area contributed by atoms with Crippen molar-refractivity contribution in [1.82, 2.24) is 24.7 Å². The Hall–Kier alpha value is -2.73. The lowest BCUT2D eigenvalue weighted by molar-refractivity contribution is 0.701. The highest BCUT2D eigenvalue weighted by molar-refractivity contribution is 7.98. The molecule has 1 aromatic carbocycles. The Labute approximate surface area is 143 Å². The summed E-state index contributed by atoms with van der Waals surface area (Å²) in [4.78, 5) is 13.0. The van der Waals surface area contributed by atoms with Gasteiger partial charge in [0.2, 0.25) is 0 Å². The van der Waals surface area contributed by atoms with Crippen LogP contribution in [0.2, 0.25) is 0 Å². The van der Waals surface area contributed by atoms with Gasteiger partial charge in [-0.1, -0.05) is 36.4 Å². The minimum Gasteiger partial charge on any atom is -0.264 e. The highest BCUT2D eigenvalue weighted by Gasteiger charge is 2.10. The molecule has 118 valence electrons. The predicted molar refractivity (Wildman–Crippen MR) is 94.7 cm³/mol. The maximum atomic E-state index is 4.48. The van der Waals surface area contributed by atoms with Gasteiger partial charge < -0.3 is 0 Å². The first kappa shape index (κ1) is 14.8. The van der Waals surface area contributed by atoms with E-state index < -0.39 is 0 Å². The number of benzene rings is 1. The van der Waals surface area contributed by atoms with Crippen molar-refractivity contribution in [3.05, 3.63) is 78.5 Å². The Bertz CT molecular complexity index is 937. The fraction of sp³-hybridized carbons (Fsp3) is 0.111. The van der Waals surface area contributed by atoms with Gasteiger partial charge in [0.25, 0.3) is 0 Å². The number of fused-ring (bicyclic) bond motifs is 1. The molecule has 5 nitrogen and oxygen atoms in total. The molecule has 0 fully saturated rings. The lowest BCUT2D eigenvalue weighted by Gasteiger charge is -2.04. The van der Waals surface area contributed by atoms with Gasteiger partial charge in [0.1, 0.15) is 11.4 Å². The summed E-state index contributed by atoms with van der Waals surface area (Å²) in [6, 6.07) is 14.3. The summed E-state index contributed by atoms with van der Waals surface area (Å²) in [7, 11) is 0. The second-order valence-electron chi connectivity index (χ2n) is 5.35. The number of aromatic nitrogens is 5. The van der Waals surface area contributed by atoms with E-state index in [1.165, 1.54) is 5.56 Å². The first-order chi connectivity index (χ1) is 11.9. The van der Waals surface area contributed by atoms with E-state index in [-0.39, 0.29) is 0 Å². The highest BCUT2D eigenvalue weighted by Crippen LogP contribution is 2.27. The number of rotatable bonds is 5. The molecule has 0 aliphatic heterocycles. The molecule has 0 atom stereocenters. The Morgan fingerprint density at radius 3 is 2.62 bits per heavy atom. The van der Waals surface area contributed by atoms with Crippen LogP contribution in [-0.2, 0) is 12.3 Å². The van der Waals surface area contributed by atoms with Crippen molar-refractivity contribution in [2.24, 2.45) is 0 Å². The third kappa shape index (κ3) is 3.14. The van der Waals surface area contributed by atoms with Gasteiger partial charge in [-0.25, -0.2) is 14.6 Å². The Morgan fingerprint density at radius 1 is 0.917 bits per heavy atom. The highest BCUT2D eigenvalue weighted by atomic mass is 32.2. The number of thioether (sulfide) groups is 1. The van der Waals surface area contributed by atoms with Crippen LogP contribution in [0.3, 0.4) is 0 Å². The maximum absolute atomic E-state index is 4.48. The fourth-order valence-corrected chi connectivity index (χ4v) is 3.41. The number of nitrogens with zero attached hydrogens (tertiary/aromatic N) is 5. The summed E-state index contributed by atoms with van der Waals surface area (Å²) in [5.74, 6) is 0.876. The van der Waals surface area contributed by atoms with Crippen LogP contribution in [0.5, 0.6) is 0 Å². The molecule has 0 saturated carbocycles. The molecule has 0 radical (unpaired) electrons. The van der Waals surface area contributed by atoms with Gasteiger partial charge in [-0.3, -0.25) is 4.98 Å². The normalized spacial score (nSPS) is 11.0. The SMILES string of the molecule is c1ccc(CSc2ncnc3c2cnn3Cc2cccnc2)cc1. The van der Waals surface area contributed by atoms with Crippen molar-refractivity contribution >= 4 is 22.8 Å². The molecule has 24 heavy (non-hydrogen) atoms. The lowest BCUT2D eigenvalue weighted by Crippen LogP contribution is -2.03. The standard InChI is InChI=1S/C18H15N5S/c1-2-5-14(6-3-1)12-24-18-16-10-22-23(17(16)20-13-21-18)11-15-7-4-8-19-9-15/h1-10,13H,11-12H2. The maximum Gasteiger partial charge on any atom is 0.162 e. The second kappa shape index (κ2) is 6.80. The zero-order valence-electron chi connectivity index (χ0n) is 12.9. The number of pyridine rings is 1. The van der Waals surface area contributed by atoms with Gasteiger partial charge in [-0.05, 0) is 17.2 Å². The molecule has 4 aromatic rings. The molecular formula is C18H15N5S. The number of hydrogen-bond acceptors (Lipinski definition) is 5. The van der Waals surface area contributed by atoms with Gasteiger partial charge in [-0.15, -0.1) is 11.8 Å². The second-order valence-corrected chi connectivity index (χ2v) is 6.32. The molecule has 3 aromatic heterocycles. The quantitative estimate of drug-likeness (QED) is 0.413. The summed E-state index contributed by atoms with van der Waals surface area (Å²) in [6.45, 7) is 0.650. The fourth-order valence-electron chi connectivity index (χ4n) is 2.49. The van der Waals surface area contributed by atoms with E-state index in [9.17, 15) is 0 Å². The minimum atomic E-state index is 0.650. The smallest absolute Gasteiger partial charge is 0.162 e.